The quantitative estimate of drug-likeness (QED) is 0.899. The van der Waals surface area contributed by atoms with Crippen molar-refractivity contribution in [3.63, 3.8) is 0 Å². The van der Waals surface area contributed by atoms with E-state index in [0.29, 0.717) is 6.42 Å². The van der Waals surface area contributed by atoms with Crippen LogP contribution >= 0.6 is 11.3 Å². The lowest BCUT2D eigenvalue weighted by atomic mass is 9.75. The first-order valence-corrected chi connectivity index (χ1v) is 7.16. The van der Waals surface area contributed by atoms with Crippen molar-refractivity contribution in [3.05, 3.63) is 16.6 Å². The Hall–Kier alpha value is -0.450. The van der Waals surface area contributed by atoms with Gasteiger partial charge in [0.05, 0.1) is 16.7 Å². The molecule has 0 aromatic carbocycles. The summed E-state index contributed by atoms with van der Waals surface area (Å²) in [5.41, 5.74) is -0.349. The molecule has 1 aromatic heterocycles. The molecular formula is C13H21NO2S. The molecule has 1 aliphatic rings. The molecule has 0 saturated heterocycles. The fraction of sp³-hybridized carbons (Fsp3) is 0.769. The van der Waals surface area contributed by atoms with Gasteiger partial charge in [-0.05, 0) is 31.6 Å². The summed E-state index contributed by atoms with van der Waals surface area (Å²) in [6, 6.07) is 0. The Balaban J connectivity index is 2.02. The second kappa shape index (κ2) is 5.46. The minimum Gasteiger partial charge on any atom is -0.390 e. The Morgan fingerprint density at radius 1 is 1.59 bits per heavy atom. The molecule has 96 valence electrons. The van der Waals surface area contributed by atoms with E-state index in [0.717, 1.165) is 36.6 Å². The SMILES string of the molecule is COC1(C(O)Cc2nccs2)CCC(C)CC1. The fourth-order valence-corrected chi connectivity index (χ4v) is 3.28. The predicted molar refractivity (Wildman–Crippen MR) is 69.2 cm³/mol. The van der Waals surface area contributed by atoms with Crippen LogP contribution in [-0.4, -0.2) is 28.9 Å². The third-order valence-corrected chi connectivity index (χ3v) is 4.79. The van der Waals surface area contributed by atoms with Crippen LogP contribution in [0.2, 0.25) is 0 Å². The van der Waals surface area contributed by atoms with Crippen LogP contribution in [0.15, 0.2) is 11.6 Å². The zero-order chi connectivity index (χ0) is 12.3. The summed E-state index contributed by atoms with van der Waals surface area (Å²) in [5.74, 6) is 0.755. The van der Waals surface area contributed by atoms with E-state index < -0.39 is 6.10 Å². The van der Waals surface area contributed by atoms with Gasteiger partial charge in [-0.3, -0.25) is 0 Å². The van der Waals surface area contributed by atoms with Gasteiger partial charge in [0, 0.05) is 25.1 Å². The third kappa shape index (κ3) is 2.87. The first-order chi connectivity index (χ1) is 8.16. The fourth-order valence-electron chi connectivity index (χ4n) is 2.63. The highest BCUT2D eigenvalue weighted by Crippen LogP contribution is 2.37. The molecule has 1 atom stereocenters. The maximum Gasteiger partial charge on any atom is 0.0951 e. The average Bonchev–Trinajstić information content (AvgIpc) is 2.83. The average molecular weight is 255 g/mol. The second-order valence-electron chi connectivity index (χ2n) is 5.10. The number of hydrogen-bond donors (Lipinski definition) is 1. The molecule has 4 heteroatoms. The summed E-state index contributed by atoms with van der Waals surface area (Å²) in [6.45, 7) is 2.27. The molecule has 1 N–H and O–H groups in total. The summed E-state index contributed by atoms with van der Waals surface area (Å²) in [7, 11) is 1.72. The Kier molecular flexibility index (Phi) is 4.17. The number of ether oxygens (including phenoxy) is 1. The lowest BCUT2D eigenvalue weighted by Gasteiger charge is -2.41. The highest BCUT2D eigenvalue weighted by Gasteiger charge is 2.40. The third-order valence-electron chi connectivity index (χ3n) is 3.99. The molecule has 0 bridgehead atoms. The number of methoxy groups -OCH3 is 1. The van der Waals surface area contributed by atoms with Gasteiger partial charge in [0.25, 0.3) is 0 Å². The van der Waals surface area contributed by atoms with Crippen molar-refractivity contribution in [3.8, 4) is 0 Å². The minimum atomic E-state index is -0.439. The van der Waals surface area contributed by atoms with E-state index in [2.05, 4.69) is 11.9 Å². The van der Waals surface area contributed by atoms with Crippen molar-refractivity contribution in [1.82, 2.24) is 4.98 Å². The van der Waals surface area contributed by atoms with Crippen LogP contribution in [0.5, 0.6) is 0 Å². The van der Waals surface area contributed by atoms with E-state index in [1.807, 2.05) is 5.38 Å². The van der Waals surface area contributed by atoms with Crippen LogP contribution < -0.4 is 0 Å². The van der Waals surface area contributed by atoms with Crippen molar-refractivity contribution < 1.29 is 9.84 Å². The number of nitrogens with zero attached hydrogens (tertiary/aromatic N) is 1. The predicted octanol–water partition coefficient (Wildman–Crippen LogP) is 2.64. The molecule has 1 aromatic rings. The molecule has 17 heavy (non-hydrogen) atoms. The number of rotatable bonds is 4. The molecule has 0 aliphatic heterocycles. The van der Waals surface area contributed by atoms with E-state index in [1.54, 1.807) is 24.6 Å². The van der Waals surface area contributed by atoms with Crippen LogP contribution in [0.1, 0.15) is 37.6 Å². The molecule has 1 unspecified atom stereocenters. The van der Waals surface area contributed by atoms with E-state index in [4.69, 9.17) is 4.74 Å². The lowest BCUT2D eigenvalue weighted by molar-refractivity contribution is -0.127. The molecule has 0 spiro atoms. The van der Waals surface area contributed by atoms with Gasteiger partial charge in [0.2, 0.25) is 0 Å². The van der Waals surface area contributed by atoms with E-state index >= 15 is 0 Å². The largest absolute Gasteiger partial charge is 0.390 e. The van der Waals surface area contributed by atoms with E-state index in [9.17, 15) is 5.11 Å². The second-order valence-corrected chi connectivity index (χ2v) is 6.08. The summed E-state index contributed by atoms with van der Waals surface area (Å²) in [4.78, 5) is 4.23. The summed E-state index contributed by atoms with van der Waals surface area (Å²) >= 11 is 1.60. The van der Waals surface area contributed by atoms with Crippen molar-refractivity contribution in [1.29, 1.82) is 0 Å². The zero-order valence-electron chi connectivity index (χ0n) is 10.6. The number of thiazole rings is 1. The number of hydrogen-bond acceptors (Lipinski definition) is 4. The minimum absolute atomic E-state index is 0.349. The van der Waals surface area contributed by atoms with Gasteiger partial charge in [-0.2, -0.15) is 0 Å². The first-order valence-electron chi connectivity index (χ1n) is 6.28. The molecule has 1 saturated carbocycles. The van der Waals surface area contributed by atoms with Crippen LogP contribution in [0.4, 0.5) is 0 Å². The van der Waals surface area contributed by atoms with Crippen LogP contribution in [0.3, 0.4) is 0 Å². The van der Waals surface area contributed by atoms with Crippen molar-refractivity contribution in [2.75, 3.05) is 7.11 Å². The molecule has 1 aliphatic carbocycles. The number of aliphatic hydroxyl groups excluding tert-OH is 1. The van der Waals surface area contributed by atoms with Gasteiger partial charge in [0.1, 0.15) is 0 Å². The molecule has 1 fully saturated rings. The van der Waals surface area contributed by atoms with Crippen LogP contribution in [0.25, 0.3) is 0 Å². The van der Waals surface area contributed by atoms with Crippen molar-refractivity contribution in [2.24, 2.45) is 5.92 Å². The van der Waals surface area contributed by atoms with E-state index in [-0.39, 0.29) is 5.60 Å². The van der Waals surface area contributed by atoms with Crippen molar-refractivity contribution in [2.45, 2.75) is 50.7 Å². The normalized spacial score (nSPS) is 31.4. The van der Waals surface area contributed by atoms with Gasteiger partial charge >= 0.3 is 0 Å². The van der Waals surface area contributed by atoms with Gasteiger partial charge in [-0.15, -0.1) is 11.3 Å². The monoisotopic (exact) mass is 255 g/mol. The summed E-state index contributed by atoms with van der Waals surface area (Å²) < 4.78 is 5.66. The Labute approximate surface area is 107 Å². The summed E-state index contributed by atoms with van der Waals surface area (Å²) in [6.07, 6.45) is 6.15. The maximum absolute atomic E-state index is 10.4. The maximum atomic E-state index is 10.4. The van der Waals surface area contributed by atoms with Crippen LogP contribution in [-0.2, 0) is 11.2 Å². The van der Waals surface area contributed by atoms with Gasteiger partial charge < -0.3 is 9.84 Å². The molecule has 1 heterocycles. The van der Waals surface area contributed by atoms with Gasteiger partial charge in [0.15, 0.2) is 0 Å². The Bertz CT molecular complexity index is 331. The number of aliphatic hydroxyl groups is 1. The Morgan fingerprint density at radius 3 is 2.82 bits per heavy atom. The van der Waals surface area contributed by atoms with Gasteiger partial charge in [-0.25, -0.2) is 4.98 Å². The topological polar surface area (TPSA) is 42.4 Å². The lowest BCUT2D eigenvalue weighted by Crippen LogP contribution is -2.47. The molecular weight excluding hydrogens is 234 g/mol. The molecule has 3 nitrogen and oxygen atoms in total. The highest BCUT2D eigenvalue weighted by molar-refractivity contribution is 7.09. The molecule has 2 rings (SSSR count). The summed E-state index contributed by atoms with van der Waals surface area (Å²) in [5, 5.41) is 13.4. The van der Waals surface area contributed by atoms with Gasteiger partial charge in [-0.1, -0.05) is 6.92 Å². The smallest absolute Gasteiger partial charge is 0.0951 e. The molecule has 0 radical (unpaired) electrons. The van der Waals surface area contributed by atoms with Crippen molar-refractivity contribution >= 4 is 11.3 Å². The standard InChI is InChI=1S/C13H21NO2S/c1-10-3-5-13(16-2,6-4-10)11(15)9-12-14-7-8-17-12/h7-8,10-11,15H,3-6,9H2,1-2H3. The van der Waals surface area contributed by atoms with Crippen LogP contribution in [0, 0.1) is 5.92 Å². The first kappa shape index (κ1) is 13.0. The molecule has 0 amide bonds. The Morgan fingerprint density at radius 2 is 2.29 bits per heavy atom. The van der Waals surface area contributed by atoms with E-state index in [1.165, 1.54) is 0 Å². The number of aromatic nitrogens is 1. The highest BCUT2D eigenvalue weighted by atomic mass is 32.1. The zero-order valence-corrected chi connectivity index (χ0v) is 11.4.